The van der Waals surface area contributed by atoms with Gasteiger partial charge in [0.25, 0.3) is 0 Å². The first kappa shape index (κ1) is 11.7. The van der Waals surface area contributed by atoms with Crippen molar-refractivity contribution in [3.8, 4) is 6.07 Å². The molecule has 1 aliphatic heterocycles. The average Bonchev–Trinajstić information content (AvgIpc) is 2.73. The highest BCUT2D eigenvalue weighted by atomic mass is 32.2. The molecule has 0 unspecified atom stereocenters. The van der Waals surface area contributed by atoms with Crippen molar-refractivity contribution in [2.75, 3.05) is 12.3 Å². The van der Waals surface area contributed by atoms with Crippen LogP contribution in [0.15, 0.2) is 29.6 Å². The van der Waals surface area contributed by atoms with Gasteiger partial charge in [0.2, 0.25) is 5.91 Å². The number of hydrogen-bond donors (Lipinski definition) is 0. The summed E-state index contributed by atoms with van der Waals surface area (Å²) in [4.78, 5) is 17.3. The van der Waals surface area contributed by atoms with Crippen LogP contribution in [0.4, 0.5) is 0 Å². The monoisotopic (exact) mass is 245 g/mol. The van der Waals surface area contributed by atoms with Crippen LogP contribution in [0, 0.1) is 11.3 Å². The number of thioether (sulfide) groups is 1. The largest absolute Gasteiger partial charge is 0.305 e. The molecule has 5 heteroatoms. The molecule has 1 amide bonds. The Labute approximate surface area is 104 Å². The number of amides is 1. The van der Waals surface area contributed by atoms with Crippen LogP contribution in [-0.4, -0.2) is 28.1 Å². The number of allylic oxidation sites excluding steroid dienone is 1. The number of hydrogen-bond acceptors (Lipinski definition) is 4. The van der Waals surface area contributed by atoms with E-state index >= 15 is 0 Å². The zero-order valence-electron chi connectivity index (χ0n) is 9.38. The first-order valence-corrected chi connectivity index (χ1v) is 6.24. The second-order valence-corrected chi connectivity index (χ2v) is 4.42. The highest BCUT2D eigenvalue weighted by Gasteiger charge is 2.28. The lowest BCUT2D eigenvalue weighted by Gasteiger charge is -2.15. The maximum Gasteiger partial charge on any atom is 0.237 e. The summed E-state index contributed by atoms with van der Waals surface area (Å²) in [5, 5.41) is 10.00. The van der Waals surface area contributed by atoms with Crippen LogP contribution in [0.3, 0.4) is 0 Å². The van der Waals surface area contributed by atoms with E-state index in [-0.39, 0.29) is 5.91 Å². The maximum absolute atomic E-state index is 11.6. The van der Waals surface area contributed by atoms with Crippen molar-refractivity contribution in [1.29, 1.82) is 5.26 Å². The van der Waals surface area contributed by atoms with Gasteiger partial charge in [-0.25, -0.2) is 0 Å². The van der Waals surface area contributed by atoms with Crippen molar-refractivity contribution in [2.24, 2.45) is 0 Å². The van der Waals surface area contributed by atoms with Crippen molar-refractivity contribution in [3.63, 3.8) is 0 Å². The minimum Gasteiger partial charge on any atom is -0.305 e. The number of nitrogens with zero attached hydrogens (tertiary/aromatic N) is 3. The number of nitriles is 1. The van der Waals surface area contributed by atoms with Crippen LogP contribution in [0.25, 0.3) is 5.57 Å². The molecule has 0 aromatic carbocycles. The Morgan fingerprint density at radius 3 is 3.12 bits per heavy atom. The highest BCUT2D eigenvalue weighted by molar-refractivity contribution is 8.04. The lowest BCUT2D eigenvalue weighted by Crippen LogP contribution is -2.24. The molecule has 0 N–H and O–H groups in total. The highest BCUT2D eigenvalue weighted by Crippen LogP contribution is 2.34. The third-order valence-electron chi connectivity index (χ3n) is 2.47. The third kappa shape index (κ3) is 2.17. The van der Waals surface area contributed by atoms with Crippen LogP contribution in [0.5, 0.6) is 0 Å². The second-order valence-electron chi connectivity index (χ2n) is 3.46. The van der Waals surface area contributed by atoms with Crippen LogP contribution in [0.2, 0.25) is 0 Å². The van der Waals surface area contributed by atoms with Gasteiger partial charge in [-0.2, -0.15) is 5.26 Å². The number of aromatic nitrogens is 1. The summed E-state index contributed by atoms with van der Waals surface area (Å²) in [6.07, 6.45) is 3.30. The van der Waals surface area contributed by atoms with E-state index in [1.807, 2.05) is 13.0 Å². The summed E-state index contributed by atoms with van der Waals surface area (Å²) in [6, 6.07) is 5.78. The second kappa shape index (κ2) is 5.02. The zero-order valence-corrected chi connectivity index (χ0v) is 10.2. The molecule has 1 aromatic heterocycles. The summed E-state index contributed by atoms with van der Waals surface area (Å²) in [7, 11) is 0. The number of carbonyl (C=O) groups is 1. The topological polar surface area (TPSA) is 57.0 Å². The van der Waals surface area contributed by atoms with Gasteiger partial charge in [-0.15, -0.1) is 0 Å². The van der Waals surface area contributed by atoms with Crippen molar-refractivity contribution in [1.82, 2.24) is 9.88 Å². The molecule has 4 nitrogen and oxygen atoms in total. The first-order chi connectivity index (χ1) is 8.27. The third-order valence-corrected chi connectivity index (χ3v) is 3.56. The fourth-order valence-corrected chi connectivity index (χ4v) is 2.78. The van der Waals surface area contributed by atoms with E-state index in [1.54, 1.807) is 23.4 Å². The Morgan fingerprint density at radius 1 is 1.71 bits per heavy atom. The lowest BCUT2D eigenvalue weighted by molar-refractivity contribution is -0.125. The molecule has 0 atom stereocenters. The fourth-order valence-electron chi connectivity index (χ4n) is 1.67. The molecule has 17 heavy (non-hydrogen) atoms. The van der Waals surface area contributed by atoms with Gasteiger partial charge in [-0.3, -0.25) is 9.78 Å². The molecule has 0 bridgehead atoms. The minimum atomic E-state index is 0.0594. The smallest absolute Gasteiger partial charge is 0.237 e. The Bertz CT molecular complexity index is 504. The molecule has 1 saturated heterocycles. The first-order valence-electron chi connectivity index (χ1n) is 5.26. The molecular formula is C12H11N3OS. The average molecular weight is 245 g/mol. The number of carbonyl (C=O) groups excluding carboxylic acids is 1. The SMILES string of the molecule is CCN1C(=O)CSC1=C(C#N)c1cccnc1. The van der Waals surface area contributed by atoms with Gasteiger partial charge in [-0.05, 0) is 13.0 Å². The van der Waals surface area contributed by atoms with Crippen LogP contribution >= 0.6 is 11.8 Å². The number of rotatable bonds is 2. The van der Waals surface area contributed by atoms with Gasteiger partial charge in [0.15, 0.2) is 0 Å². The summed E-state index contributed by atoms with van der Waals surface area (Å²) >= 11 is 1.42. The predicted molar refractivity (Wildman–Crippen MR) is 66.6 cm³/mol. The molecule has 0 spiro atoms. The van der Waals surface area contributed by atoms with Gasteiger partial charge in [-0.1, -0.05) is 17.8 Å². The minimum absolute atomic E-state index is 0.0594. The van der Waals surface area contributed by atoms with Gasteiger partial charge < -0.3 is 4.90 Å². The van der Waals surface area contributed by atoms with Crippen molar-refractivity contribution in [2.45, 2.75) is 6.92 Å². The summed E-state index contributed by atoms with van der Waals surface area (Å²) in [5.41, 5.74) is 1.28. The van der Waals surface area contributed by atoms with E-state index in [1.165, 1.54) is 11.8 Å². The van der Waals surface area contributed by atoms with E-state index in [0.29, 0.717) is 17.9 Å². The van der Waals surface area contributed by atoms with E-state index < -0.39 is 0 Å². The van der Waals surface area contributed by atoms with Crippen LogP contribution in [0.1, 0.15) is 12.5 Å². The molecule has 1 aliphatic rings. The van der Waals surface area contributed by atoms with Crippen molar-refractivity contribution >= 4 is 23.2 Å². The van der Waals surface area contributed by atoms with Crippen molar-refractivity contribution < 1.29 is 4.79 Å². The van der Waals surface area contributed by atoms with E-state index in [2.05, 4.69) is 11.1 Å². The van der Waals surface area contributed by atoms with E-state index in [0.717, 1.165) is 10.6 Å². The summed E-state index contributed by atoms with van der Waals surface area (Å²) in [5.74, 6) is 0.471. The molecule has 0 saturated carbocycles. The van der Waals surface area contributed by atoms with Gasteiger partial charge in [0.1, 0.15) is 6.07 Å². The van der Waals surface area contributed by atoms with Crippen LogP contribution in [-0.2, 0) is 4.79 Å². The van der Waals surface area contributed by atoms with Gasteiger partial charge >= 0.3 is 0 Å². The predicted octanol–water partition coefficient (Wildman–Crippen LogP) is 1.87. The molecule has 1 fully saturated rings. The molecule has 2 heterocycles. The van der Waals surface area contributed by atoms with Gasteiger partial charge in [0, 0.05) is 24.5 Å². The Balaban J connectivity index is 2.49. The zero-order chi connectivity index (χ0) is 12.3. The maximum atomic E-state index is 11.6. The Kier molecular flexibility index (Phi) is 3.45. The number of pyridine rings is 1. The fraction of sp³-hybridized carbons (Fsp3) is 0.250. The Hall–Kier alpha value is -1.80. The van der Waals surface area contributed by atoms with E-state index in [4.69, 9.17) is 0 Å². The quantitative estimate of drug-likeness (QED) is 0.746. The van der Waals surface area contributed by atoms with Gasteiger partial charge in [0.05, 0.1) is 16.4 Å². The molecule has 0 radical (unpaired) electrons. The normalized spacial score (nSPS) is 18.1. The molecule has 1 aromatic rings. The van der Waals surface area contributed by atoms with E-state index in [9.17, 15) is 10.1 Å². The molecular weight excluding hydrogens is 234 g/mol. The van der Waals surface area contributed by atoms with Crippen LogP contribution < -0.4 is 0 Å². The molecule has 0 aliphatic carbocycles. The summed E-state index contributed by atoms with van der Waals surface area (Å²) < 4.78 is 0. The Morgan fingerprint density at radius 2 is 2.53 bits per heavy atom. The molecule has 86 valence electrons. The standard InChI is InChI=1S/C12H11N3OS/c1-2-15-11(16)8-17-12(15)10(6-13)9-4-3-5-14-7-9/h3-5,7H,2,8H2,1H3. The van der Waals surface area contributed by atoms with Crippen molar-refractivity contribution in [3.05, 3.63) is 35.1 Å². The summed E-state index contributed by atoms with van der Waals surface area (Å²) in [6.45, 7) is 2.49. The lowest BCUT2D eigenvalue weighted by atomic mass is 10.1. The molecule has 2 rings (SSSR count).